The largest absolute Gasteiger partial charge is 0.495 e. The standard InChI is InChI=1S/C19H28ClN3O2/c1-25-18-9-8-15(20)14-17(18)22-10-12-23(13-11-22)19(24)21-16-6-4-2-3-5-7-16/h8-9,14,16H,2-7,10-13H2,1H3,(H,21,24). The second-order valence-corrected chi connectivity index (χ2v) is 7.36. The highest BCUT2D eigenvalue weighted by molar-refractivity contribution is 6.30. The summed E-state index contributed by atoms with van der Waals surface area (Å²) in [6, 6.07) is 6.09. The van der Waals surface area contributed by atoms with Crippen LogP contribution in [0.4, 0.5) is 10.5 Å². The van der Waals surface area contributed by atoms with Gasteiger partial charge in [-0.05, 0) is 31.0 Å². The van der Waals surface area contributed by atoms with Gasteiger partial charge in [0.25, 0.3) is 0 Å². The van der Waals surface area contributed by atoms with E-state index in [4.69, 9.17) is 16.3 Å². The highest BCUT2D eigenvalue weighted by Gasteiger charge is 2.25. The fraction of sp³-hybridized carbons (Fsp3) is 0.632. The molecule has 1 saturated carbocycles. The van der Waals surface area contributed by atoms with Crippen molar-refractivity contribution >= 4 is 23.3 Å². The molecule has 2 aliphatic rings. The Kier molecular flexibility index (Phi) is 6.29. The van der Waals surface area contributed by atoms with Crippen molar-refractivity contribution in [3.05, 3.63) is 23.2 Å². The lowest BCUT2D eigenvalue weighted by atomic mass is 10.1. The molecule has 1 aliphatic heterocycles. The fourth-order valence-electron chi connectivity index (χ4n) is 3.75. The molecule has 1 heterocycles. The minimum Gasteiger partial charge on any atom is -0.495 e. The average molecular weight is 366 g/mol. The van der Waals surface area contributed by atoms with Gasteiger partial charge < -0.3 is 19.9 Å². The summed E-state index contributed by atoms with van der Waals surface area (Å²) >= 11 is 6.14. The van der Waals surface area contributed by atoms with Crippen molar-refractivity contribution in [3.8, 4) is 5.75 Å². The summed E-state index contributed by atoms with van der Waals surface area (Å²) in [5.41, 5.74) is 0.999. The van der Waals surface area contributed by atoms with Crippen LogP contribution in [0.15, 0.2) is 18.2 Å². The van der Waals surface area contributed by atoms with E-state index >= 15 is 0 Å². The normalized spacial score (nSPS) is 19.4. The van der Waals surface area contributed by atoms with E-state index in [-0.39, 0.29) is 6.03 Å². The highest BCUT2D eigenvalue weighted by atomic mass is 35.5. The van der Waals surface area contributed by atoms with Crippen molar-refractivity contribution in [2.24, 2.45) is 0 Å². The molecule has 0 spiro atoms. The predicted molar refractivity (Wildman–Crippen MR) is 102 cm³/mol. The van der Waals surface area contributed by atoms with Gasteiger partial charge >= 0.3 is 6.03 Å². The van der Waals surface area contributed by atoms with Gasteiger partial charge in [-0.3, -0.25) is 0 Å². The molecule has 0 bridgehead atoms. The van der Waals surface area contributed by atoms with Crippen molar-refractivity contribution < 1.29 is 9.53 Å². The molecule has 2 fully saturated rings. The maximum atomic E-state index is 12.5. The SMILES string of the molecule is COc1ccc(Cl)cc1N1CCN(C(=O)NC2CCCCCC2)CC1. The van der Waals surface area contributed by atoms with Gasteiger partial charge in [-0.15, -0.1) is 0 Å². The van der Waals surface area contributed by atoms with Crippen LogP contribution in [0.2, 0.25) is 5.02 Å². The number of nitrogens with one attached hydrogen (secondary N) is 1. The Labute approximate surface area is 155 Å². The van der Waals surface area contributed by atoms with Crippen LogP contribution in [-0.2, 0) is 0 Å². The first kappa shape index (κ1) is 18.2. The Hall–Kier alpha value is -1.62. The van der Waals surface area contributed by atoms with Crippen molar-refractivity contribution in [1.82, 2.24) is 10.2 Å². The quantitative estimate of drug-likeness (QED) is 0.826. The maximum Gasteiger partial charge on any atom is 0.317 e. The summed E-state index contributed by atoms with van der Waals surface area (Å²) in [5.74, 6) is 0.820. The van der Waals surface area contributed by atoms with E-state index in [0.717, 1.165) is 37.4 Å². The first-order valence-corrected chi connectivity index (χ1v) is 9.69. The van der Waals surface area contributed by atoms with Gasteiger partial charge in [0.15, 0.2) is 0 Å². The van der Waals surface area contributed by atoms with E-state index in [0.29, 0.717) is 24.2 Å². The monoisotopic (exact) mass is 365 g/mol. The zero-order valence-corrected chi connectivity index (χ0v) is 15.7. The molecule has 1 aliphatic carbocycles. The summed E-state index contributed by atoms with van der Waals surface area (Å²) in [5, 5.41) is 3.94. The third-order valence-electron chi connectivity index (χ3n) is 5.23. The third kappa shape index (κ3) is 4.72. The van der Waals surface area contributed by atoms with Crippen LogP contribution in [0.5, 0.6) is 5.75 Å². The lowest BCUT2D eigenvalue weighted by Crippen LogP contribution is -2.53. The minimum absolute atomic E-state index is 0.0876. The van der Waals surface area contributed by atoms with Gasteiger partial charge in [0.05, 0.1) is 12.8 Å². The van der Waals surface area contributed by atoms with E-state index in [1.807, 2.05) is 23.1 Å². The van der Waals surface area contributed by atoms with Gasteiger partial charge in [-0.2, -0.15) is 0 Å². The topological polar surface area (TPSA) is 44.8 Å². The average Bonchev–Trinajstić information content (AvgIpc) is 2.90. The number of urea groups is 1. The molecule has 2 amide bonds. The van der Waals surface area contributed by atoms with Gasteiger partial charge in [-0.1, -0.05) is 37.3 Å². The Morgan fingerprint density at radius 3 is 2.44 bits per heavy atom. The molecule has 6 heteroatoms. The third-order valence-corrected chi connectivity index (χ3v) is 5.47. The van der Waals surface area contributed by atoms with E-state index in [9.17, 15) is 4.79 Å². The number of benzene rings is 1. The van der Waals surface area contributed by atoms with Crippen LogP contribution < -0.4 is 15.0 Å². The molecule has 1 N–H and O–H groups in total. The number of carbonyl (C=O) groups is 1. The van der Waals surface area contributed by atoms with Crippen LogP contribution in [0, 0.1) is 0 Å². The molecule has 0 radical (unpaired) electrons. The number of piperazine rings is 1. The zero-order chi connectivity index (χ0) is 17.6. The number of halogens is 1. The predicted octanol–water partition coefficient (Wildman–Crippen LogP) is 3.90. The smallest absolute Gasteiger partial charge is 0.317 e. The number of anilines is 1. The van der Waals surface area contributed by atoms with E-state index < -0.39 is 0 Å². The molecule has 0 atom stereocenters. The van der Waals surface area contributed by atoms with E-state index in [1.54, 1.807) is 7.11 Å². The molecule has 138 valence electrons. The molecule has 25 heavy (non-hydrogen) atoms. The summed E-state index contributed by atoms with van der Waals surface area (Å²) in [6.45, 7) is 3.01. The van der Waals surface area contributed by atoms with Gasteiger partial charge in [0.1, 0.15) is 5.75 Å². The number of nitrogens with zero attached hydrogens (tertiary/aromatic N) is 2. The minimum atomic E-state index is 0.0876. The second kappa shape index (κ2) is 8.65. The molecule has 3 rings (SSSR count). The van der Waals surface area contributed by atoms with Crippen LogP contribution in [0.1, 0.15) is 38.5 Å². The first-order chi connectivity index (χ1) is 12.2. The number of amides is 2. The zero-order valence-electron chi connectivity index (χ0n) is 15.0. The maximum absolute atomic E-state index is 12.5. The second-order valence-electron chi connectivity index (χ2n) is 6.93. The number of hydrogen-bond donors (Lipinski definition) is 1. The number of methoxy groups -OCH3 is 1. The number of hydrogen-bond acceptors (Lipinski definition) is 3. The summed E-state index contributed by atoms with van der Waals surface area (Å²) in [4.78, 5) is 16.7. The van der Waals surface area contributed by atoms with Crippen molar-refractivity contribution in [2.45, 2.75) is 44.6 Å². The Bertz CT molecular complexity index is 580. The molecular formula is C19H28ClN3O2. The van der Waals surface area contributed by atoms with Crippen LogP contribution in [0.25, 0.3) is 0 Å². The molecular weight excluding hydrogens is 338 g/mol. The lowest BCUT2D eigenvalue weighted by molar-refractivity contribution is 0.189. The van der Waals surface area contributed by atoms with Gasteiger partial charge in [0.2, 0.25) is 0 Å². The molecule has 0 aromatic heterocycles. The van der Waals surface area contributed by atoms with Crippen molar-refractivity contribution in [2.75, 3.05) is 38.2 Å². The van der Waals surface area contributed by atoms with Crippen LogP contribution in [0.3, 0.4) is 0 Å². The summed E-state index contributed by atoms with van der Waals surface area (Å²) < 4.78 is 5.45. The molecule has 1 saturated heterocycles. The molecule has 0 unspecified atom stereocenters. The molecule has 1 aromatic carbocycles. The lowest BCUT2D eigenvalue weighted by Gasteiger charge is -2.37. The van der Waals surface area contributed by atoms with Crippen LogP contribution >= 0.6 is 11.6 Å². The van der Waals surface area contributed by atoms with Crippen molar-refractivity contribution in [1.29, 1.82) is 0 Å². The van der Waals surface area contributed by atoms with Gasteiger partial charge in [0, 0.05) is 37.2 Å². The molecule has 5 nitrogen and oxygen atoms in total. The Balaban J connectivity index is 1.54. The number of rotatable bonds is 3. The summed E-state index contributed by atoms with van der Waals surface area (Å²) in [7, 11) is 1.67. The van der Waals surface area contributed by atoms with E-state index in [1.165, 1.54) is 25.7 Å². The highest BCUT2D eigenvalue weighted by Crippen LogP contribution is 2.31. The Morgan fingerprint density at radius 1 is 1.12 bits per heavy atom. The van der Waals surface area contributed by atoms with E-state index in [2.05, 4.69) is 10.2 Å². The Morgan fingerprint density at radius 2 is 1.80 bits per heavy atom. The first-order valence-electron chi connectivity index (χ1n) is 9.31. The fourth-order valence-corrected chi connectivity index (χ4v) is 3.92. The van der Waals surface area contributed by atoms with Crippen molar-refractivity contribution in [3.63, 3.8) is 0 Å². The summed E-state index contributed by atoms with van der Waals surface area (Å²) in [6.07, 6.45) is 7.29. The van der Waals surface area contributed by atoms with Crippen LogP contribution in [-0.4, -0.2) is 50.3 Å². The number of ether oxygens (including phenoxy) is 1. The van der Waals surface area contributed by atoms with Gasteiger partial charge in [-0.25, -0.2) is 4.79 Å². The molecule has 1 aromatic rings. The number of carbonyl (C=O) groups excluding carboxylic acids is 1.